The Morgan fingerprint density at radius 1 is 1.16 bits per heavy atom. The third-order valence-electron chi connectivity index (χ3n) is 10.6. The number of Topliss-reactive ketones (excluding diaryl/α,β-unsaturated/α-hetero) is 2. The van der Waals surface area contributed by atoms with Gasteiger partial charge in [0.2, 0.25) is 0 Å². The summed E-state index contributed by atoms with van der Waals surface area (Å²) in [6.07, 6.45) is -0.540. The third kappa shape index (κ3) is 7.29. The quantitative estimate of drug-likeness (QED) is 0.152. The monoisotopic (exact) mass is 691 g/mol. The molecule has 3 heterocycles. The van der Waals surface area contributed by atoms with Crippen LogP contribution in [0.3, 0.4) is 0 Å². The number of esters is 1. The highest BCUT2D eigenvalue weighted by Gasteiger charge is 2.61. The molecule has 1 unspecified atom stereocenters. The second kappa shape index (κ2) is 14.9. The van der Waals surface area contributed by atoms with Gasteiger partial charge in [-0.05, 0) is 51.1 Å². The number of benzene rings is 1. The minimum atomic E-state index is -3.07. The molecule has 9 atom stereocenters. The van der Waals surface area contributed by atoms with Crippen LogP contribution in [0, 0.1) is 29.6 Å². The van der Waals surface area contributed by atoms with Crippen molar-refractivity contribution < 1.29 is 37.8 Å². The van der Waals surface area contributed by atoms with Crippen LogP contribution >= 0.6 is 0 Å². The van der Waals surface area contributed by atoms with Crippen LogP contribution in [0.5, 0.6) is 0 Å². The number of rotatable bonds is 6. The lowest BCUT2D eigenvalue weighted by Crippen LogP contribution is -2.59. The number of anilines is 1. The number of carbonyl (C=O) groups excluding carboxylic acids is 4. The van der Waals surface area contributed by atoms with Gasteiger partial charge in [0.15, 0.2) is 11.4 Å². The number of halogens is 1. The molecule has 0 bridgehead atoms. The molecule has 1 aromatic heterocycles. The first-order chi connectivity index (χ1) is 23.4. The summed E-state index contributed by atoms with van der Waals surface area (Å²) in [5.41, 5.74) is 3.23. The fourth-order valence-corrected chi connectivity index (χ4v) is 7.20. The Kier molecular flexibility index (Phi) is 11.5. The number of nitrogens with two attached hydrogens (primary N) is 1. The molecule has 268 valence electrons. The van der Waals surface area contributed by atoms with E-state index in [0.29, 0.717) is 11.4 Å². The van der Waals surface area contributed by atoms with Crippen LogP contribution in [0.4, 0.5) is 14.9 Å². The number of hydrogen-bond acceptors (Lipinski definition) is 10. The van der Waals surface area contributed by atoms with Gasteiger partial charge in [-0.3, -0.25) is 14.5 Å². The van der Waals surface area contributed by atoms with Crippen molar-refractivity contribution in [3.8, 4) is 23.1 Å². The summed E-state index contributed by atoms with van der Waals surface area (Å²) in [6, 6.07) is 6.28. The molecule has 1 aromatic carbocycles. The Hall–Kier alpha value is -4.25. The average Bonchev–Trinajstić information content (AvgIpc) is 3.66. The van der Waals surface area contributed by atoms with Gasteiger partial charge in [0, 0.05) is 36.1 Å². The van der Waals surface area contributed by atoms with Gasteiger partial charge in [0.1, 0.15) is 24.1 Å². The molecule has 0 aliphatic carbocycles. The second-order valence-electron chi connectivity index (χ2n) is 13.9. The molecule has 12 nitrogen and oxygen atoms in total. The molecule has 2 saturated heterocycles. The Morgan fingerprint density at radius 2 is 1.84 bits per heavy atom. The highest BCUT2D eigenvalue weighted by Crippen LogP contribution is 2.47. The van der Waals surface area contributed by atoms with Crippen molar-refractivity contribution in [3.05, 3.63) is 30.5 Å². The van der Waals surface area contributed by atoms with E-state index in [-0.39, 0.29) is 38.1 Å². The van der Waals surface area contributed by atoms with Crippen molar-refractivity contribution in [2.45, 2.75) is 109 Å². The molecule has 0 saturated carbocycles. The predicted molar refractivity (Wildman–Crippen MR) is 184 cm³/mol. The topological polar surface area (TPSA) is 156 Å². The summed E-state index contributed by atoms with van der Waals surface area (Å²) >= 11 is 0. The molecule has 2 aliphatic rings. The minimum Gasteiger partial charge on any atom is -0.455 e. The van der Waals surface area contributed by atoms with Crippen molar-refractivity contribution in [3.63, 3.8) is 0 Å². The van der Waals surface area contributed by atoms with Crippen LogP contribution < -0.4 is 5.73 Å². The minimum absolute atomic E-state index is 0.0884. The van der Waals surface area contributed by atoms with Gasteiger partial charge in [-0.1, -0.05) is 63.3 Å². The normalized spacial score (nSPS) is 33.1. The number of ketones is 2. The number of hydrogen-bond donors (Lipinski definition) is 1. The molecule has 50 heavy (non-hydrogen) atoms. The molecule has 2 aromatic rings. The first-order valence-electron chi connectivity index (χ1n) is 16.9. The fraction of sp³-hybridized carbons (Fsp3) is 0.611. The molecular weight excluding hydrogens is 644 g/mol. The smallest absolute Gasteiger partial charge is 0.411 e. The van der Waals surface area contributed by atoms with Crippen LogP contribution in [0.2, 0.25) is 5.31 Å². The van der Waals surface area contributed by atoms with E-state index in [2.05, 4.69) is 22.2 Å². The number of amides is 1. The summed E-state index contributed by atoms with van der Waals surface area (Å²) in [7, 11) is 8.20. The number of nitrogen functional groups attached to an aromatic ring is 1. The largest absolute Gasteiger partial charge is 0.455 e. The Morgan fingerprint density at radius 3 is 2.48 bits per heavy atom. The first-order valence-corrected chi connectivity index (χ1v) is 16.9. The molecule has 2 N–H and O–H groups in total. The fourth-order valence-electron chi connectivity index (χ4n) is 7.20. The van der Waals surface area contributed by atoms with E-state index in [4.69, 9.17) is 27.8 Å². The maximum absolute atomic E-state index is 16.3. The first kappa shape index (κ1) is 38.6. The van der Waals surface area contributed by atoms with E-state index >= 15 is 4.39 Å². The number of aromatic nitrogens is 3. The SMILES string of the molecule is [B][C@@]1(C(C)OC)CC[C@@H](C)C(=O)[C@H](C)[C@H]2N(CC#CCn3cc(-c4cccc(N)c4)nn3)C(=O)O[C@]2(C)[C@@H](CC)OC(=O)[C@@](C)(F)C(=O)[C@@H]1C. The standard InChI is InChI=1S/C36H47BFN5O7/c1-9-28-35(7)30(43(33(47)50-35)18-11-10-17-42-20-27(40-41-42)25-13-12-14-26(39)19-25)22(3)29(44)21(2)15-16-36(37,24(5)48-8)23(4)31(45)34(6,38)32(46)49-28/h12-14,19-24,28,30H,9,15-18,39H2,1-8H3/t21-,22+,23+,24?,28-,30-,34+,35-,36+/m1/s1. The molecule has 1 amide bonds. The van der Waals surface area contributed by atoms with Crippen LogP contribution in [-0.4, -0.2) is 94.5 Å². The molecule has 2 aliphatic heterocycles. The average molecular weight is 692 g/mol. The third-order valence-corrected chi connectivity index (χ3v) is 10.6. The zero-order valence-electron chi connectivity index (χ0n) is 30.1. The van der Waals surface area contributed by atoms with E-state index in [1.807, 2.05) is 12.1 Å². The van der Waals surface area contributed by atoms with Crippen molar-refractivity contribution in [1.29, 1.82) is 0 Å². The maximum atomic E-state index is 16.3. The highest BCUT2D eigenvalue weighted by atomic mass is 19.1. The number of methoxy groups -OCH3 is 1. The van der Waals surface area contributed by atoms with Crippen LogP contribution in [-0.2, 0) is 35.1 Å². The summed E-state index contributed by atoms with van der Waals surface area (Å²) in [5, 5.41) is 6.88. The summed E-state index contributed by atoms with van der Waals surface area (Å²) in [4.78, 5) is 56.1. The van der Waals surface area contributed by atoms with Gasteiger partial charge in [-0.25, -0.2) is 18.7 Å². The predicted octanol–water partition coefficient (Wildman–Crippen LogP) is 4.36. The number of alkyl halides is 1. The van der Waals surface area contributed by atoms with Gasteiger partial charge in [-0.15, -0.1) is 5.10 Å². The number of carbonyl (C=O) groups is 4. The van der Waals surface area contributed by atoms with Crippen molar-refractivity contribution in [1.82, 2.24) is 19.9 Å². The van der Waals surface area contributed by atoms with Crippen LogP contribution in [0.1, 0.15) is 67.7 Å². The van der Waals surface area contributed by atoms with Gasteiger partial charge in [-0.2, -0.15) is 0 Å². The van der Waals surface area contributed by atoms with Crippen molar-refractivity contribution >= 4 is 37.2 Å². The molecule has 4 rings (SSSR count). The van der Waals surface area contributed by atoms with E-state index in [0.717, 1.165) is 12.5 Å². The molecule has 0 spiro atoms. The zero-order valence-corrected chi connectivity index (χ0v) is 30.1. The van der Waals surface area contributed by atoms with Crippen LogP contribution in [0.25, 0.3) is 11.3 Å². The van der Waals surface area contributed by atoms with Gasteiger partial charge < -0.3 is 19.9 Å². The van der Waals surface area contributed by atoms with Crippen molar-refractivity contribution in [2.75, 3.05) is 19.4 Å². The molecule has 14 heteroatoms. The summed E-state index contributed by atoms with van der Waals surface area (Å²) in [5.74, 6) is 0.700. The Bertz CT molecular complexity index is 1670. The van der Waals surface area contributed by atoms with Gasteiger partial charge >= 0.3 is 12.1 Å². The van der Waals surface area contributed by atoms with Crippen LogP contribution in [0.15, 0.2) is 30.5 Å². The number of nitrogens with zero attached hydrogens (tertiary/aromatic N) is 4. The number of cyclic esters (lactones) is 1. The molecule has 2 radical (unpaired) electrons. The van der Waals surface area contributed by atoms with E-state index in [1.165, 1.54) is 23.6 Å². The zero-order chi connectivity index (χ0) is 37.2. The highest BCUT2D eigenvalue weighted by molar-refractivity contribution is 6.20. The van der Waals surface area contributed by atoms with Crippen molar-refractivity contribution in [2.24, 2.45) is 17.8 Å². The maximum Gasteiger partial charge on any atom is 0.411 e. The van der Waals surface area contributed by atoms with Gasteiger partial charge in [0.05, 0.1) is 32.7 Å². The van der Waals surface area contributed by atoms with E-state index in [1.54, 1.807) is 52.9 Å². The van der Waals surface area contributed by atoms with E-state index < -0.39 is 70.4 Å². The Labute approximate surface area is 294 Å². The lowest BCUT2D eigenvalue weighted by Gasteiger charge is -2.44. The van der Waals surface area contributed by atoms with E-state index in [9.17, 15) is 19.2 Å². The summed E-state index contributed by atoms with van der Waals surface area (Å²) < 4.78 is 34.9. The molecule has 2 fully saturated rings. The van der Waals surface area contributed by atoms with Gasteiger partial charge in [0.25, 0.3) is 5.67 Å². The summed E-state index contributed by atoms with van der Waals surface area (Å²) in [6.45, 7) is 10.7. The number of ether oxygens (including phenoxy) is 3. The lowest BCUT2D eigenvalue weighted by molar-refractivity contribution is -0.180. The number of fused-ring (bicyclic) bond motifs is 1. The second-order valence-corrected chi connectivity index (χ2v) is 13.9. The Balaban J connectivity index is 1.67. The lowest BCUT2D eigenvalue weighted by atomic mass is 9.53. The molecular formula is C36H47BFN5O7.